The molecule has 33 heavy (non-hydrogen) atoms. The largest absolute Gasteiger partial charge is 0.368 e. The minimum Gasteiger partial charge on any atom is -0.368 e. The predicted octanol–water partition coefficient (Wildman–Crippen LogP) is 6.66. The van der Waals surface area contributed by atoms with Crippen LogP contribution in [0.25, 0.3) is 21.3 Å². The monoisotopic (exact) mass is 480 g/mol. The van der Waals surface area contributed by atoms with Crippen molar-refractivity contribution in [3.8, 4) is 11.1 Å². The standard InChI is InChI=1S/C26H26ClFN4S/c1-4-21-22(18-6-5-16(2)17(3)15-18)23-24(29-26(27)30-25(23)33-21)32-13-11-31(12-14-32)20-9-7-19(28)8-10-20/h5-10,15H,4,11-14H2,1-3H3. The molecule has 7 heteroatoms. The van der Waals surface area contributed by atoms with E-state index in [1.54, 1.807) is 11.3 Å². The van der Waals surface area contributed by atoms with E-state index in [0.717, 1.165) is 54.3 Å². The molecular formula is C26H26ClFN4S. The quantitative estimate of drug-likeness (QED) is 0.306. The Hall–Kier alpha value is -2.70. The summed E-state index contributed by atoms with van der Waals surface area (Å²) in [6, 6.07) is 13.4. The molecule has 0 aliphatic carbocycles. The van der Waals surface area contributed by atoms with E-state index < -0.39 is 0 Å². The lowest BCUT2D eigenvalue weighted by atomic mass is 9.98. The zero-order chi connectivity index (χ0) is 23.1. The number of thiophene rings is 1. The van der Waals surface area contributed by atoms with Crippen LogP contribution in [0, 0.1) is 19.7 Å². The van der Waals surface area contributed by atoms with E-state index in [1.807, 2.05) is 12.1 Å². The minimum atomic E-state index is -0.210. The Morgan fingerprint density at radius 2 is 1.64 bits per heavy atom. The number of fused-ring (bicyclic) bond motifs is 1. The number of piperazine rings is 1. The van der Waals surface area contributed by atoms with E-state index in [4.69, 9.17) is 16.6 Å². The summed E-state index contributed by atoms with van der Waals surface area (Å²) in [5.74, 6) is 0.700. The number of hydrogen-bond acceptors (Lipinski definition) is 5. The van der Waals surface area contributed by atoms with Crippen LogP contribution in [0.2, 0.25) is 5.28 Å². The third kappa shape index (κ3) is 4.18. The van der Waals surface area contributed by atoms with Crippen molar-refractivity contribution in [2.75, 3.05) is 36.0 Å². The van der Waals surface area contributed by atoms with Gasteiger partial charge in [0.15, 0.2) is 0 Å². The Labute approximate surface area is 202 Å². The van der Waals surface area contributed by atoms with Gasteiger partial charge in [0.05, 0.1) is 5.39 Å². The summed E-state index contributed by atoms with van der Waals surface area (Å²) in [4.78, 5) is 16.2. The van der Waals surface area contributed by atoms with Gasteiger partial charge in [-0.2, -0.15) is 4.98 Å². The van der Waals surface area contributed by atoms with Crippen molar-refractivity contribution in [2.45, 2.75) is 27.2 Å². The highest BCUT2D eigenvalue weighted by atomic mass is 35.5. The maximum Gasteiger partial charge on any atom is 0.225 e. The van der Waals surface area contributed by atoms with Gasteiger partial charge < -0.3 is 9.80 Å². The van der Waals surface area contributed by atoms with Gasteiger partial charge in [0.1, 0.15) is 16.5 Å². The smallest absolute Gasteiger partial charge is 0.225 e. The number of aromatic nitrogens is 2. The first-order valence-corrected chi connectivity index (χ1v) is 12.5. The van der Waals surface area contributed by atoms with Crippen LogP contribution in [-0.4, -0.2) is 36.1 Å². The first-order valence-electron chi connectivity index (χ1n) is 11.3. The van der Waals surface area contributed by atoms with E-state index >= 15 is 0 Å². The van der Waals surface area contributed by atoms with Crippen molar-refractivity contribution < 1.29 is 4.39 Å². The number of halogens is 2. The van der Waals surface area contributed by atoms with Crippen molar-refractivity contribution in [1.82, 2.24) is 9.97 Å². The van der Waals surface area contributed by atoms with Crippen LogP contribution in [0.15, 0.2) is 42.5 Å². The maximum absolute atomic E-state index is 13.3. The fourth-order valence-corrected chi connectivity index (χ4v) is 5.85. The molecule has 4 aromatic rings. The highest BCUT2D eigenvalue weighted by molar-refractivity contribution is 7.19. The van der Waals surface area contributed by atoms with Crippen LogP contribution >= 0.6 is 22.9 Å². The molecule has 5 rings (SSSR count). The first kappa shape index (κ1) is 22.1. The SMILES string of the molecule is CCc1sc2nc(Cl)nc(N3CCN(c4ccc(F)cc4)CC3)c2c1-c1ccc(C)c(C)c1. The summed E-state index contributed by atoms with van der Waals surface area (Å²) < 4.78 is 13.3. The number of benzene rings is 2. The first-order chi connectivity index (χ1) is 15.9. The topological polar surface area (TPSA) is 32.3 Å². The summed E-state index contributed by atoms with van der Waals surface area (Å²) in [6.07, 6.45) is 0.929. The zero-order valence-electron chi connectivity index (χ0n) is 19.0. The molecule has 0 amide bonds. The average Bonchev–Trinajstić information content (AvgIpc) is 3.19. The van der Waals surface area contributed by atoms with Crippen LogP contribution < -0.4 is 9.80 Å². The van der Waals surface area contributed by atoms with Crippen LogP contribution in [-0.2, 0) is 6.42 Å². The molecule has 0 bridgehead atoms. The molecule has 2 aromatic carbocycles. The van der Waals surface area contributed by atoms with Gasteiger partial charge in [-0.15, -0.1) is 11.3 Å². The van der Waals surface area contributed by atoms with Gasteiger partial charge >= 0.3 is 0 Å². The second kappa shape index (κ2) is 8.92. The molecule has 1 aliphatic rings. The fraction of sp³-hybridized carbons (Fsp3) is 0.308. The number of aryl methyl sites for hydroxylation is 3. The van der Waals surface area contributed by atoms with E-state index in [2.05, 4.69) is 53.8 Å². The van der Waals surface area contributed by atoms with E-state index in [1.165, 1.54) is 39.3 Å². The molecule has 0 radical (unpaired) electrons. The molecule has 1 aliphatic heterocycles. The number of nitrogens with zero attached hydrogens (tertiary/aromatic N) is 4. The molecule has 4 nitrogen and oxygen atoms in total. The summed E-state index contributed by atoms with van der Waals surface area (Å²) in [6.45, 7) is 9.76. The van der Waals surface area contributed by atoms with Crippen LogP contribution in [0.1, 0.15) is 22.9 Å². The minimum absolute atomic E-state index is 0.210. The highest BCUT2D eigenvalue weighted by Crippen LogP contribution is 2.43. The molecule has 0 atom stereocenters. The molecule has 0 spiro atoms. The lowest BCUT2D eigenvalue weighted by Crippen LogP contribution is -2.47. The van der Waals surface area contributed by atoms with E-state index in [-0.39, 0.29) is 11.1 Å². The third-order valence-electron chi connectivity index (χ3n) is 6.47. The Balaban J connectivity index is 1.55. The zero-order valence-corrected chi connectivity index (χ0v) is 20.6. The summed E-state index contributed by atoms with van der Waals surface area (Å²) in [5, 5.41) is 1.38. The normalized spacial score (nSPS) is 14.3. The van der Waals surface area contributed by atoms with Crippen LogP contribution in [0.5, 0.6) is 0 Å². The van der Waals surface area contributed by atoms with E-state index in [9.17, 15) is 4.39 Å². The Kier molecular flexibility index (Phi) is 5.97. The highest BCUT2D eigenvalue weighted by Gasteiger charge is 2.25. The van der Waals surface area contributed by atoms with Gasteiger partial charge in [-0.1, -0.05) is 25.1 Å². The average molecular weight is 481 g/mol. The molecule has 3 heterocycles. The molecule has 1 fully saturated rings. The molecule has 0 saturated carbocycles. The number of hydrogen-bond donors (Lipinski definition) is 0. The lowest BCUT2D eigenvalue weighted by Gasteiger charge is -2.37. The van der Waals surface area contributed by atoms with Crippen LogP contribution in [0.4, 0.5) is 15.9 Å². The van der Waals surface area contributed by atoms with Crippen molar-refractivity contribution >= 4 is 44.7 Å². The van der Waals surface area contributed by atoms with Crippen LogP contribution in [0.3, 0.4) is 0 Å². The van der Waals surface area contributed by atoms with Gasteiger partial charge in [0.25, 0.3) is 0 Å². The van der Waals surface area contributed by atoms with Gasteiger partial charge in [0.2, 0.25) is 5.28 Å². The Bertz CT molecular complexity index is 1310. The molecule has 2 aromatic heterocycles. The summed E-state index contributed by atoms with van der Waals surface area (Å²) >= 11 is 8.10. The lowest BCUT2D eigenvalue weighted by molar-refractivity contribution is 0.624. The summed E-state index contributed by atoms with van der Waals surface area (Å²) in [7, 11) is 0. The van der Waals surface area contributed by atoms with Gasteiger partial charge in [-0.3, -0.25) is 0 Å². The second-order valence-corrected chi connectivity index (χ2v) is 9.92. The second-order valence-electron chi connectivity index (χ2n) is 8.50. The van der Waals surface area contributed by atoms with Gasteiger partial charge in [-0.25, -0.2) is 9.37 Å². The number of rotatable bonds is 4. The molecule has 0 unspecified atom stereocenters. The molecule has 170 valence electrons. The van der Waals surface area contributed by atoms with Crippen molar-refractivity contribution in [1.29, 1.82) is 0 Å². The predicted molar refractivity (Wildman–Crippen MR) is 138 cm³/mol. The van der Waals surface area contributed by atoms with Gasteiger partial charge in [0, 0.05) is 42.3 Å². The molecule has 1 saturated heterocycles. The summed E-state index contributed by atoms with van der Waals surface area (Å²) in [5.41, 5.74) is 6.04. The van der Waals surface area contributed by atoms with Crippen molar-refractivity contribution in [2.24, 2.45) is 0 Å². The van der Waals surface area contributed by atoms with Crippen molar-refractivity contribution in [3.63, 3.8) is 0 Å². The maximum atomic E-state index is 13.3. The fourth-order valence-electron chi connectivity index (χ4n) is 4.51. The Morgan fingerprint density at radius 1 is 0.939 bits per heavy atom. The Morgan fingerprint density at radius 3 is 2.30 bits per heavy atom. The molecule has 0 N–H and O–H groups in total. The number of anilines is 2. The third-order valence-corrected chi connectivity index (χ3v) is 7.86. The van der Waals surface area contributed by atoms with Gasteiger partial charge in [-0.05, 0) is 72.8 Å². The van der Waals surface area contributed by atoms with Crippen molar-refractivity contribution in [3.05, 3.63) is 69.6 Å². The van der Waals surface area contributed by atoms with E-state index in [0.29, 0.717) is 0 Å². The molecular weight excluding hydrogens is 455 g/mol.